The third-order valence-corrected chi connectivity index (χ3v) is 6.40. The first-order valence-corrected chi connectivity index (χ1v) is 12.5. The zero-order valence-electron chi connectivity index (χ0n) is 20.6. The highest BCUT2D eigenvalue weighted by Gasteiger charge is 2.20. The third-order valence-electron chi connectivity index (χ3n) is 6.40. The fourth-order valence-electron chi connectivity index (χ4n) is 4.46. The Balaban J connectivity index is 1.06. The van der Waals surface area contributed by atoms with Gasteiger partial charge < -0.3 is 24.3 Å². The van der Waals surface area contributed by atoms with Crippen LogP contribution < -0.4 is 19.9 Å². The van der Waals surface area contributed by atoms with Crippen LogP contribution in [0.5, 0.6) is 5.88 Å². The summed E-state index contributed by atoms with van der Waals surface area (Å²) in [5.41, 5.74) is 1.15. The molecule has 1 aliphatic heterocycles. The van der Waals surface area contributed by atoms with Gasteiger partial charge in [-0.3, -0.25) is 4.79 Å². The molecule has 1 saturated heterocycles. The Morgan fingerprint density at radius 2 is 1.68 bits per heavy atom. The molecule has 1 N–H and O–H groups in total. The minimum Gasteiger partial charge on any atom is -0.469 e. The molecule has 0 spiro atoms. The predicted molar refractivity (Wildman–Crippen MR) is 141 cm³/mol. The minimum atomic E-state index is -0.206. The summed E-state index contributed by atoms with van der Waals surface area (Å²) < 4.78 is 11.2. The number of piperazine rings is 1. The SMILES string of the molecule is O=C(COc1ccc(N2CCN(c3ccccn3)CC2)nn1)NCC[C@H](c1ccccc1)c1ccco1. The number of nitrogens with zero attached hydrogens (tertiary/aromatic N) is 5. The standard InChI is InChI=1S/C28H30N6O3/c35-27(30-15-13-23(24-9-6-20-36-24)22-7-2-1-3-8-22)21-37-28-12-11-26(31-32-28)34-18-16-33(17-19-34)25-10-4-5-14-29-25/h1-12,14,20,23H,13,15-19,21H2,(H,30,35)/t23-/m1/s1. The van der Waals surface area contributed by atoms with Crippen LogP contribution in [-0.2, 0) is 4.79 Å². The van der Waals surface area contributed by atoms with E-state index in [1.165, 1.54) is 0 Å². The van der Waals surface area contributed by atoms with Crippen molar-refractivity contribution in [2.24, 2.45) is 0 Å². The zero-order valence-corrected chi connectivity index (χ0v) is 20.6. The maximum atomic E-state index is 12.4. The lowest BCUT2D eigenvalue weighted by Crippen LogP contribution is -2.47. The lowest BCUT2D eigenvalue weighted by atomic mass is 9.93. The fourth-order valence-corrected chi connectivity index (χ4v) is 4.46. The van der Waals surface area contributed by atoms with Gasteiger partial charge in [-0.2, -0.15) is 0 Å². The Hall–Kier alpha value is -4.40. The van der Waals surface area contributed by atoms with Gasteiger partial charge in [0.25, 0.3) is 5.91 Å². The number of rotatable bonds is 10. The summed E-state index contributed by atoms with van der Waals surface area (Å²) in [7, 11) is 0. The number of pyridine rings is 1. The van der Waals surface area contributed by atoms with E-state index in [-0.39, 0.29) is 18.4 Å². The molecule has 4 aromatic rings. The number of aromatic nitrogens is 3. The van der Waals surface area contributed by atoms with Crippen LogP contribution in [0, 0.1) is 0 Å². The molecule has 9 heteroatoms. The van der Waals surface area contributed by atoms with Crippen molar-refractivity contribution in [1.82, 2.24) is 20.5 Å². The largest absolute Gasteiger partial charge is 0.469 e. The van der Waals surface area contributed by atoms with Crippen LogP contribution >= 0.6 is 0 Å². The molecule has 37 heavy (non-hydrogen) atoms. The Morgan fingerprint density at radius 1 is 0.892 bits per heavy atom. The van der Waals surface area contributed by atoms with Crippen LogP contribution in [0.3, 0.4) is 0 Å². The highest BCUT2D eigenvalue weighted by molar-refractivity contribution is 5.77. The lowest BCUT2D eigenvalue weighted by Gasteiger charge is -2.35. The first-order valence-electron chi connectivity index (χ1n) is 12.5. The number of carbonyl (C=O) groups excluding carboxylic acids is 1. The average molecular weight is 499 g/mol. The Morgan fingerprint density at radius 3 is 2.35 bits per heavy atom. The number of benzene rings is 1. The van der Waals surface area contributed by atoms with Gasteiger partial charge in [0.05, 0.1) is 6.26 Å². The topological polar surface area (TPSA) is 96.6 Å². The van der Waals surface area contributed by atoms with Gasteiger partial charge in [0.2, 0.25) is 5.88 Å². The van der Waals surface area contributed by atoms with E-state index in [4.69, 9.17) is 9.15 Å². The third kappa shape index (κ3) is 6.43. The average Bonchev–Trinajstić information content (AvgIpc) is 3.50. The van der Waals surface area contributed by atoms with E-state index in [0.29, 0.717) is 18.8 Å². The number of furan rings is 1. The second-order valence-electron chi connectivity index (χ2n) is 8.80. The van der Waals surface area contributed by atoms with Crippen molar-refractivity contribution in [2.75, 3.05) is 49.1 Å². The van der Waals surface area contributed by atoms with Crippen LogP contribution in [0.25, 0.3) is 0 Å². The minimum absolute atomic E-state index is 0.0710. The molecule has 0 radical (unpaired) electrons. The monoisotopic (exact) mass is 498 g/mol. The molecule has 0 saturated carbocycles. The number of anilines is 2. The van der Waals surface area contributed by atoms with Gasteiger partial charge in [-0.25, -0.2) is 4.98 Å². The Kier molecular flexibility index (Phi) is 7.90. The molecule has 3 aromatic heterocycles. The summed E-state index contributed by atoms with van der Waals surface area (Å²) in [6.07, 6.45) is 4.20. The van der Waals surface area contributed by atoms with Crippen molar-refractivity contribution < 1.29 is 13.9 Å². The number of nitrogens with one attached hydrogen (secondary N) is 1. The van der Waals surface area contributed by atoms with E-state index in [1.54, 1.807) is 12.3 Å². The highest BCUT2D eigenvalue weighted by atomic mass is 16.5. The van der Waals surface area contributed by atoms with Gasteiger partial charge in [0, 0.05) is 50.9 Å². The number of amides is 1. The van der Waals surface area contributed by atoms with E-state index < -0.39 is 0 Å². The maximum absolute atomic E-state index is 12.4. The van der Waals surface area contributed by atoms with Crippen LogP contribution in [0.2, 0.25) is 0 Å². The van der Waals surface area contributed by atoms with Crippen molar-refractivity contribution in [3.05, 3.63) is 96.6 Å². The van der Waals surface area contributed by atoms with Crippen molar-refractivity contribution >= 4 is 17.5 Å². The Bertz CT molecular complexity index is 1230. The molecule has 0 bridgehead atoms. The van der Waals surface area contributed by atoms with Gasteiger partial charge in [-0.1, -0.05) is 36.4 Å². The number of hydrogen-bond acceptors (Lipinski definition) is 8. The molecule has 9 nitrogen and oxygen atoms in total. The van der Waals surface area contributed by atoms with Gasteiger partial charge in [-0.15, -0.1) is 10.2 Å². The van der Waals surface area contributed by atoms with Crippen molar-refractivity contribution in [3.8, 4) is 5.88 Å². The molecule has 4 heterocycles. The van der Waals surface area contributed by atoms with Crippen LogP contribution in [0.15, 0.2) is 89.7 Å². The maximum Gasteiger partial charge on any atom is 0.258 e. The number of hydrogen-bond donors (Lipinski definition) is 1. The summed E-state index contributed by atoms with van der Waals surface area (Å²) in [6.45, 7) is 3.76. The van der Waals surface area contributed by atoms with E-state index in [2.05, 4.69) is 42.4 Å². The highest BCUT2D eigenvalue weighted by Crippen LogP contribution is 2.27. The molecule has 0 aliphatic carbocycles. The summed E-state index contributed by atoms with van der Waals surface area (Å²) in [5, 5.41) is 11.4. The van der Waals surface area contributed by atoms with Gasteiger partial charge in [0.15, 0.2) is 12.4 Å². The first kappa shape index (κ1) is 24.3. The normalized spacial score (nSPS) is 14.3. The second-order valence-corrected chi connectivity index (χ2v) is 8.80. The molecule has 1 fully saturated rings. The lowest BCUT2D eigenvalue weighted by molar-refractivity contribution is -0.123. The smallest absolute Gasteiger partial charge is 0.258 e. The van der Waals surface area contributed by atoms with Crippen LogP contribution in [0.1, 0.15) is 23.7 Å². The van der Waals surface area contributed by atoms with Gasteiger partial charge in [-0.05, 0) is 42.3 Å². The van der Waals surface area contributed by atoms with E-state index in [1.807, 2.05) is 60.8 Å². The molecule has 1 aromatic carbocycles. The molecule has 1 amide bonds. The Labute approximate surface area is 216 Å². The predicted octanol–water partition coefficient (Wildman–Crippen LogP) is 3.51. The molecule has 190 valence electrons. The fraction of sp³-hybridized carbons (Fsp3) is 0.286. The van der Waals surface area contributed by atoms with E-state index >= 15 is 0 Å². The van der Waals surface area contributed by atoms with E-state index in [9.17, 15) is 4.79 Å². The molecular formula is C28H30N6O3. The van der Waals surface area contributed by atoms with Gasteiger partial charge in [0.1, 0.15) is 11.6 Å². The van der Waals surface area contributed by atoms with Crippen LogP contribution in [-0.4, -0.2) is 60.4 Å². The summed E-state index contributed by atoms with van der Waals surface area (Å²) in [6, 6.07) is 23.6. The quantitative estimate of drug-likeness (QED) is 0.355. The second kappa shape index (κ2) is 12.0. The number of ether oxygens (including phenoxy) is 1. The summed E-state index contributed by atoms with van der Waals surface area (Å²) >= 11 is 0. The molecule has 0 unspecified atom stereocenters. The molecule has 1 aliphatic rings. The van der Waals surface area contributed by atoms with Gasteiger partial charge >= 0.3 is 0 Å². The van der Waals surface area contributed by atoms with Crippen LogP contribution in [0.4, 0.5) is 11.6 Å². The summed E-state index contributed by atoms with van der Waals surface area (Å²) in [5.74, 6) is 2.85. The molecular weight excluding hydrogens is 468 g/mol. The number of carbonyl (C=O) groups is 1. The molecule has 1 atom stereocenters. The van der Waals surface area contributed by atoms with Crippen molar-refractivity contribution in [3.63, 3.8) is 0 Å². The molecule has 5 rings (SSSR count). The van der Waals surface area contributed by atoms with Crippen molar-refractivity contribution in [2.45, 2.75) is 12.3 Å². The zero-order chi connectivity index (χ0) is 25.3. The first-order chi connectivity index (χ1) is 18.3. The van der Waals surface area contributed by atoms with Crippen molar-refractivity contribution in [1.29, 1.82) is 0 Å². The van der Waals surface area contributed by atoms with E-state index in [0.717, 1.165) is 49.1 Å². The summed E-state index contributed by atoms with van der Waals surface area (Å²) in [4.78, 5) is 21.2.